The molecule has 1 saturated carbocycles. The zero-order valence-electron chi connectivity index (χ0n) is 10.7. The van der Waals surface area contributed by atoms with Crippen molar-refractivity contribution in [2.75, 3.05) is 13.1 Å². The number of nitrogens with two attached hydrogens (primary N) is 1. The van der Waals surface area contributed by atoms with Gasteiger partial charge in [0.05, 0.1) is 6.10 Å². The van der Waals surface area contributed by atoms with Crippen LogP contribution < -0.4 is 11.1 Å². The normalized spacial score (nSPS) is 26.1. The predicted molar refractivity (Wildman–Crippen MR) is 65.7 cm³/mol. The molecule has 1 spiro atoms. The van der Waals surface area contributed by atoms with Crippen LogP contribution >= 0.6 is 0 Å². The number of likely N-dealkylation sites (tertiary alicyclic amines) is 1. The van der Waals surface area contributed by atoms with Gasteiger partial charge < -0.3 is 21.1 Å². The number of nitrogens with one attached hydrogen (secondary N) is 1. The number of aliphatic hydroxyl groups is 1. The van der Waals surface area contributed by atoms with E-state index in [1.807, 2.05) is 6.92 Å². The molecule has 1 unspecified atom stereocenters. The molecule has 2 atom stereocenters. The average molecular weight is 255 g/mol. The van der Waals surface area contributed by atoms with Crippen LogP contribution in [-0.2, 0) is 4.79 Å². The molecule has 102 valence electrons. The molecule has 4 N–H and O–H groups in total. The van der Waals surface area contributed by atoms with Crippen LogP contribution in [0.5, 0.6) is 0 Å². The molecule has 2 rings (SSSR count). The van der Waals surface area contributed by atoms with Crippen molar-refractivity contribution in [2.24, 2.45) is 11.1 Å². The molecule has 1 saturated heterocycles. The minimum Gasteiger partial charge on any atom is -0.391 e. The smallest absolute Gasteiger partial charge is 0.312 e. The second-order valence-corrected chi connectivity index (χ2v) is 5.45. The summed E-state index contributed by atoms with van der Waals surface area (Å²) in [6, 6.07) is -1.24. The van der Waals surface area contributed by atoms with Crippen molar-refractivity contribution in [2.45, 2.75) is 44.8 Å². The molecular weight excluding hydrogens is 234 g/mol. The molecule has 18 heavy (non-hydrogen) atoms. The second-order valence-electron chi connectivity index (χ2n) is 5.45. The van der Waals surface area contributed by atoms with Gasteiger partial charge in [0.2, 0.25) is 5.91 Å². The number of hydrogen-bond donors (Lipinski definition) is 3. The van der Waals surface area contributed by atoms with Gasteiger partial charge in [-0.15, -0.1) is 0 Å². The summed E-state index contributed by atoms with van der Waals surface area (Å²) in [7, 11) is 0. The van der Waals surface area contributed by atoms with Crippen LogP contribution in [0.2, 0.25) is 0 Å². The first-order valence-corrected chi connectivity index (χ1v) is 6.51. The summed E-state index contributed by atoms with van der Waals surface area (Å²) in [6.07, 6.45) is 2.91. The van der Waals surface area contributed by atoms with Crippen molar-refractivity contribution in [3.05, 3.63) is 0 Å². The van der Waals surface area contributed by atoms with Crippen molar-refractivity contribution in [3.8, 4) is 0 Å². The minimum atomic E-state index is -0.678. The van der Waals surface area contributed by atoms with Crippen LogP contribution in [0, 0.1) is 5.41 Å². The fraction of sp³-hybridized carbons (Fsp3) is 0.833. The lowest BCUT2D eigenvalue weighted by atomic mass is 10.0. The Hall–Kier alpha value is -1.30. The zero-order valence-corrected chi connectivity index (χ0v) is 10.7. The van der Waals surface area contributed by atoms with E-state index in [1.54, 1.807) is 4.90 Å². The maximum Gasteiger partial charge on any atom is 0.312 e. The van der Waals surface area contributed by atoms with Crippen LogP contribution in [-0.4, -0.2) is 47.2 Å². The number of carbonyl (C=O) groups excluding carboxylic acids is 2. The van der Waals surface area contributed by atoms with Crippen LogP contribution in [0.1, 0.15) is 32.6 Å². The number of rotatable bonds is 4. The molecule has 6 nitrogen and oxygen atoms in total. The molecule has 0 radical (unpaired) electrons. The largest absolute Gasteiger partial charge is 0.391 e. The van der Waals surface area contributed by atoms with Crippen molar-refractivity contribution in [1.29, 1.82) is 0 Å². The Bertz CT molecular complexity index is 354. The first-order valence-electron chi connectivity index (χ1n) is 6.51. The first kappa shape index (κ1) is 13.1. The first-order chi connectivity index (χ1) is 8.48. The Kier molecular flexibility index (Phi) is 3.47. The van der Waals surface area contributed by atoms with E-state index in [4.69, 9.17) is 5.73 Å². The quantitative estimate of drug-likeness (QED) is 0.649. The average Bonchev–Trinajstić information content (AvgIpc) is 2.99. The van der Waals surface area contributed by atoms with E-state index in [1.165, 1.54) is 0 Å². The highest BCUT2D eigenvalue weighted by molar-refractivity contribution is 5.86. The molecule has 2 fully saturated rings. The Morgan fingerprint density at radius 1 is 1.56 bits per heavy atom. The molecule has 3 amide bonds. The van der Waals surface area contributed by atoms with Crippen LogP contribution in [0.4, 0.5) is 4.79 Å². The molecule has 1 aliphatic heterocycles. The molecule has 0 aromatic heterocycles. The highest BCUT2D eigenvalue weighted by Gasteiger charge is 2.55. The van der Waals surface area contributed by atoms with E-state index >= 15 is 0 Å². The third kappa shape index (κ3) is 2.43. The van der Waals surface area contributed by atoms with Gasteiger partial charge in [-0.3, -0.25) is 4.79 Å². The number of primary amides is 1. The summed E-state index contributed by atoms with van der Waals surface area (Å²) in [4.78, 5) is 24.8. The maximum atomic E-state index is 12.3. The summed E-state index contributed by atoms with van der Waals surface area (Å²) in [5.74, 6) is -0.126. The van der Waals surface area contributed by atoms with Gasteiger partial charge in [0.25, 0.3) is 0 Å². The fourth-order valence-corrected chi connectivity index (χ4v) is 2.71. The molecule has 1 aliphatic carbocycles. The van der Waals surface area contributed by atoms with Gasteiger partial charge in [-0.25, -0.2) is 4.79 Å². The Morgan fingerprint density at radius 2 is 2.22 bits per heavy atom. The zero-order chi connectivity index (χ0) is 13.3. The van der Waals surface area contributed by atoms with E-state index in [0.717, 1.165) is 19.3 Å². The molecular formula is C12H21N3O3. The van der Waals surface area contributed by atoms with Crippen molar-refractivity contribution >= 4 is 11.9 Å². The number of β-amino-alcohol motifs (C(OH)–C–C–N with tert-alkyl or cyclic N) is 1. The van der Waals surface area contributed by atoms with Gasteiger partial charge in [0.15, 0.2) is 0 Å². The summed E-state index contributed by atoms with van der Waals surface area (Å²) < 4.78 is 0. The maximum absolute atomic E-state index is 12.3. The predicted octanol–water partition coefficient (Wildman–Crippen LogP) is -0.193. The van der Waals surface area contributed by atoms with Gasteiger partial charge in [-0.05, 0) is 19.3 Å². The lowest BCUT2D eigenvalue weighted by Crippen LogP contribution is -2.49. The Morgan fingerprint density at radius 3 is 2.67 bits per heavy atom. The minimum absolute atomic E-state index is 0.0564. The number of aliphatic hydroxyl groups excluding tert-OH is 1. The number of hydrogen-bond acceptors (Lipinski definition) is 3. The van der Waals surface area contributed by atoms with Crippen molar-refractivity contribution in [1.82, 2.24) is 10.2 Å². The van der Waals surface area contributed by atoms with Gasteiger partial charge in [0.1, 0.15) is 6.04 Å². The molecule has 0 bridgehead atoms. The second kappa shape index (κ2) is 4.76. The van der Waals surface area contributed by atoms with E-state index < -0.39 is 18.2 Å². The van der Waals surface area contributed by atoms with E-state index in [9.17, 15) is 14.7 Å². The van der Waals surface area contributed by atoms with Crippen molar-refractivity contribution in [3.63, 3.8) is 0 Å². The summed E-state index contributed by atoms with van der Waals surface area (Å²) >= 11 is 0. The van der Waals surface area contributed by atoms with E-state index in [2.05, 4.69) is 5.32 Å². The molecule has 2 aliphatic rings. The van der Waals surface area contributed by atoms with Crippen LogP contribution in [0.3, 0.4) is 0 Å². The molecule has 6 heteroatoms. The van der Waals surface area contributed by atoms with E-state index in [-0.39, 0.29) is 11.3 Å². The summed E-state index contributed by atoms with van der Waals surface area (Å²) in [6.45, 7) is 2.93. The monoisotopic (exact) mass is 255 g/mol. The van der Waals surface area contributed by atoms with Gasteiger partial charge in [-0.2, -0.15) is 0 Å². The lowest BCUT2D eigenvalue weighted by Gasteiger charge is -2.23. The van der Waals surface area contributed by atoms with Crippen LogP contribution in [0.25, 0.3) is 0 Å². The van der Waals surface area contributed by atoms with Crippen molar-refractivity contribution < 1.29 is 14.7 Å². The van der Waals surface area contributed by atoms with Gasteiger partial charge in [0, 0.05) is 18.5 Å². The van der Waals surface area contributed by atoms with Gasteiger partial charge in [-0.1, -0.05) is 13.3 Å². The molecule has 0 aromatic carbocycles. The molecule has 0 aromatic rings. The fourth-order valence-electron chi connectivity index (χ4n) is 2.71. The lowest BCUT2D eigenvalue weighted by molar-refractivity contribution is -0.132. The number of carbonyl (C=O) groups is 2. The SMILES string of the molecule is CCC[C@@H](NC(N)=O)C(=O)N1CC(O)C2(CC2)C1. The highest BCUT2D eigenvalue weighted by Crippen LogP contribution is 2.52. The third-order valence-corrected chi connectivity index (χ3v) is 4.00. The summed E-state index contributed by atoms with van der Waals surface area (Å²) in [5.41, 5.74) is 5.03. The van der Waals surface area contributed by atoms with Gasteiger partial charge >= 0.3 is 6.03 Å². The number of amides is 3. The Balaban J connectivity index is 1.98. The topological polar surface area (TPSA) is 95.7 Å². The third-order valence-electron chi connectivity index (χ3n) is 4.00. The molecule has 1 heterocycles. The number of nitrogens with zero attached hydrogens (tertiary/aromatic N) is 1. The Labute approximate surface area is 107 Å². The summed E-state index contributed by atoms with van der Waals surface area (Å²) in [5, 5.41) is 12.4. The number of urea groups is 1. The van der Waals surface area contributed by atoms with E-state index in [0.29, 0.717) is 19.5 Å². The highest BCUT2D eigenvalue weighted by atomic mass is 16.3. The van der Waals surface area contributed by atoms with Crippen LogP contribution in [0.15, 0.2) is 0 Å². The standard InChI is InChI=1S/C12H21N3O3/c1-2-3-8(14-11(13)18)10(17)15-6-9(16)12(7-15)4-5-12/h8-9,16H,2-7H2,1H3,(H3,13,14,18)/t8-,9?/m1/s1.